The number of fused-ring (bicyclic) bond motifs is 3. The number of nitrogens with zero attached hydrogens (tertiary/aromatic N) is 2. The number of alkyl halides is 3. The third kappa shape index (κ3) is 5.99. The number of hydrogen-bond acceptors (Lipinski definition) is 3. The summed E-state index contributed by atoms with van der Waals surface area (Å²) in [6, 6.07) is 24.2. The predicted octanol–water partition coefficient (Wildman–Crippen LogP) is 4.97. The molecule has 3 aromatic rings. The van der Waals surface area contributed by atoms with Crippen LogP contribution in [0.2, 0.25) is 0 Å². The van der Waals surface area contributed by atoms with Crippen LogP contribution in [-0.2, 0) is 30.2 Å². The van der Waals surface area contributed by atoms with Gasteiger partial charge in [0.15, 0.2) is 0 Å². The highest BCUT2D eigenvalue weighted by Crippen LogP contribution is 2.39. The summed E-state index contributed by atoms with van der Waals surface area (Å²) in [7, 11) is 0. The molecule has 2 aliphatic heterocycles. The van der Waals surface area contributed by atoms with Crippen LogP contribution in [-0.4, -0.2) is 49.6 Å². The van der Waals surface area contributed by atoms with Crippen LogP contribution in [0.3, 0.4) is 0 Å². The van der Waals surface area contributed by atoms with Crippen LogP contribution < -0.4 is 10.2 Å². The first-order valence-electron chi connectivity index (χ1n) is 12.9. The van der Waals surface area contributed by atoms with Crippen molar-refractivity contribution in [3.8, 4) is 0 Å². The number of benzene rings is 3. The molecule has 4 nitrogen and oxygen atoms in total. The van der Waals surface area contributed by atoms with E-state index < -0.39 is 17.7 Å². The fraction of sp³-hybridized carbons (Fsp3) is 0.367. The summed E-state index contributed by atoms with van der Waals surface area (Å²) in [5.74, 6) is -0.495. The molecule has 37 heavy (non-hydrogen) atoms. The number of nitrogens with one attached hydrogen (secondary N) is 1. The zero-order valence-corrected chi connectivity index (χ0v) is 20.8. The number of piperazine rings is 1. The SMILES string of the molecule is O=C(NCCc1ccccc1)[C@@H]1Cc2cc(C(F)(F)F)ccc2N2CCN(CCc3ccccc3)C[C@H]12. The average Bonchev–Trinajstić information content (AvgIpc) is 2.91. The smallest absolute Gasteiger partial charge is 0.365 e. The van der Waals surface area contributed by atoms with Crippen molar-refractivity contribution >= 4 is 11.6 Å². The monoisotopic (exact) mass is 507 g/mol. The molecule has 1 saturated heterocycles. The molecule has 7 heteroatoms. The predicted molar refractivity (Wildman–Crippen MR) is 140 cm³/mol. The lowest BCUT2D eigenvalue weighted by atomic mass is 9.82. The van der Waals surface area contributed by atoms with E-state index in [1.54, 1.807) is 6.07 Å². The van der Waals surface area contributed by atoms with Crippen molar-refractivity contribution < 1.29 is 18.0 Å². The number of amides is 1. The van der Waals surface area contributed by atoms with Gasteiger partial charge in [0, 0.05) is 38.4 Å². The zero-order valence-electron chi connectivity index (χ0n) is 20.8. The molecule has 0 bridgehead atoms. The van der Waals surface area contributed by atoms with Gasteiger partial charge in [-0.25, -0.2) is 0 Å². The highest BCUT2D eigenvalue weighted by Gasteiger charge is 2.42. The number of rotatable bonds is 7. The first-order chi connectivity index (χ1) is 17.9. The Balaban J connectivity index is 1.33. The maximum absolute atomic E-state index is 13.5. The topological polar surface area (TPSA) is 35.6 Å². The van der Waals surface area contributed by atoms with E-state index in [0.717, 1.165) is 36.8 Å². The lowest BCUT2D eigenvalue weighted by molar-refractivity contribution is -0.137. The Morgan fingerprint density at radius 2 is 1.57 bits per heavy atom. The van der Waals surface area contributed by atoms with Crippen LogP contribution in [0.5, 0.6) is 0 Å². The summed E-state index contributed by atoms with van der Waals surface area (Å²) < 4.78 is 40.4. The molecule has 0 aliphatic carbocycles. The minimum Gasteiger partial charge on any atom is -0.365 e. The first-order valence-corrected chi connectivity index (χ1v) is 12.9. The summed E-state index contributed by atoms with van der Waals surface area (Å²) in [4.78, 5) is 18.0. The van der Waals surface area contributed by atoms with Crippen molar-refractivity contribution in [1.29, 1.82) is 0 Å². The van der Waals surface area contributed by atoms with Crippen molar-refractivity contribution in [3.63, 3.8) is 0 Å². The van der Waals surface area contributed by atoms with Gasteiger partial charge in [-0.1, -0.05) is 60.7 Å². The lowest BCUT2D eigenvalue weighted by Crippen LogP contribution is -2.61. The van der Waals surface area contributed by atoms with Crippen molar-refractivity contribution in [2.75, 3.05) is 37.6 Å². The number of carbonyl (C=O) groups excluding carboxylic acids is 1. The maximum atomic E-state index is 13.5. The van der Waals surface area contributed by atoms with Gasteiger partial charge in [-0.3, -0.25) is 9.69 Å². The molecule has 2 atom stereocenters. The summed E-state index contributed by atoms with van der Waals surface area (Å²) >= 11 is 0. The molecule has 0 radical (unpaired) electrons. The van der Waals surface area contributed by atoms with Crippen molar-refractivity contribution in [3.05, 3.63) is 101 Å². The molecule has 0 saturated carbocycles. The van der Waals surface area contributed by atoms with Gasteiger partial charge in [0.2, 0.25) is 5.91 Å². The molecule has 5 rings (SSSR count). The van der Waals surface area contributed by atoms with E-state index in [1.807, 2.05) is 48.5 Å². The Hall–Kier alpha value is -3.32. The lowest BCUT2D eigenvalue weighted by Gasteiger charge is -2.49. The average molecular weight is 508 g/mol. The Morgan fingerprint density at radius 1 is 0.892 bits per heavy atom. The van der Waals surface area contributed by atoms with Gasteiger partial charge in [-0.2, -0.15) is 13.2 Å². The molecule has 1 amide bonds. The van der Waals surface area contributed by atoms with E-state index in [0.29, 0.717) is 38.0 Å². The maximum Gasteiger partial charge on any atom is 0.416 e. The molecular weight excluding hydrogens is 475 g/mol. The summed E-state index contributed by atoms with van der Waals surface area (Å²) in [5, 5.41) is 3.08. The Kier molecular flexibility index (Phi) is 7.51. The Labute approximate surface area is 216 Å². The van der Waals surface area contributed by atoms with Gasteiger partial charge in [0.1, 0.15) is 0 Å². The fourth-order valence-corrected chi connectivity index (χ4v) is 5.60. The van der Waals surface area contributed by atoms with Gasteiger partial charge < -0.3 is 10.2 Å². The Bertz CT molecular complexity index is 1200. The van der Waals surface area contributed by atoms with Gasteiger partial charge >= 0.3 is 6.18 Å². The van der Waals surface area contributed by atoms with Gasteiger partial charge in [-0.15, -0.1) is 0 Å². The van der Waals surface area contributed by atoms with E-state index in [2.05, 4.69) is 27.2 Å². The van der Waals surface area contributed by atoms with E-state index in [1.165, 1.54) is 11.6 Å². The van der Waals surface area contributed by atoms with Gasteiger partial charge in [-0.05, 0) is 54.2 Å². The largest absolute Gasteiger partial charge is 0.416 e. The number of anilines is 1. The molecule has 1 N–H and O–H groups in total. The number of halogens is 3. The summed E-state index contributed by atoms with van der Waals surface area (Å²) in [6.07, 6.45) is -2.46. The zero-order chi connectivity index (χ0) is 25.8. The molecule has 3 aromatic carbocycles. The fourth-order valence-electron chi connectivity index (χ4n) is 5.60. The number of carbonyl (C=O) groups is 1. The Morgan fingerprint density at radius 3 is 2.24 bits per heavy atom. The summed E-state index contributed by atoms with van der Waals surface area (Å²) in [5.41, 5.74) is 3.18. The van der Waals surface area contributed by atoms with Gasteiger partial charge in [0.25, 0.3) is 0 Å². The normalized spacial score (nSPS) is 19.7. The van der Waals surface area contributed by atoms with Crippen LogP contribution in [0.1, 0.15) is 22.3 Å². The third-order valence-corrected chi connectivity index (χ3v) is 7.58. The van der Waals surface area contributed by atoms with E-state index in [9.17, 15) is 18.0 Å². The molecule has 0 unspecified atom stereocenters. The third-order valence-electron chi connectivity index (χ3n) is 7.58. The highest BCUT2D eigenvalue weighted by atomic mass is 19.4. The number of hydrogen-bond donors (Lipinski definition) is 1. The van der Waals surface area contributed by atoms with Gasteiger partial charge in [0.05, 0.1) is 17.5 Å². The minimum atomic E-state index is -4.41. The van der Waals surface area contributed by atoms with Crippen LogP contribution >= 0.6 is 0 Å². The molecular formula is C30H32F3N3O. The van der Waals surface area contributed by atoms with Crippen molar-refractivity contribution in [2.45, 2.75) is 31.5 Å². The quantitative estimate of drug-likeness (QED) is 0.491. The van der Waals surface area contributed by atoms with E-state index in [-0.39, 0.29) is 11.9 Å². The van der Waals surface area contributed by atoms with Crippen LogP contribution in [0.25, 0.3) is 0 Å². The van der Waals surface area contributed by atoms with Crippen LogP contribution in [0.15, 0.2) is 78.9 Å². The minimum absolute atomic E-state index is 0.0783. The summed E-state index contributed by atoms with van der Waals surface area (Å²) in [6.45, 7) is 3.59. The van der Waals surface area contributed by atoms with Crippen molar-refractivity contribution in [1.82, 2.24) is 10.2 Å². The second-order valence-corrected chi connectivity index (χ2v) is 9.98. The highest BCUT2D eigenvalue weighted by molar-refractivity contribution is 5.82. The second kappa shape index (κ2) is 11.0. The molecule has 0 spiro atoms. The van der Waals surface area contributed by atoms with E-state index >= 15 is 0 Å². The molecule has 194 valence electrons. The first kappa shape index (κ1) is 25.3. The molecule has 2 aliphatic rings. The van der Waals surface area contributed by atoms with Crippen molar-refractivity contribution in [2.24, 2.45) is 5.92 Å². The van der Waals surface area contributed by atoms with Crippen LogP contribution in [0, 0.1) is 5.92 Å². The second-order valence-electron chi connectivity index (χ2n) is 9.98. The standard InChI is InChI=1S/C30H32F3N3O/c31-30(32,33)25-11-12-27-24(19-25)20-26(29(37)34-15-13-22-7-3-1-4-8-22)28-21-35(17-18-36(27)28)16-14-23-9-5-2-6-10-23/h1-12,19,26,28H,13-18,20-21H2,(H,34,37)/t26-,28-/m1/s1. The van der Waals surface area contributed by atoms with Crippen LogP contribution in [0.4, 0.5) is 18.9 Å². The molecule has 0 aromatic heterocycles. The van der Waals surface area contributed by atoms with E-state index in [4.69, 9.17) is 0 Å². The molecule has 2 heterocycles. The molecule has 1 fully saturated rings.